The summed E-state index contributed by atoms with van der Waals surface area (Å²) in [5.74, 6) is -2.03. The Morgan fingerprint density at radius 3 is 2.39 bits per heavy atom. The zero-order valence-electron chi connectivity index (χ0n) is 25.7. The van der Waals surface area contributed by atoms with E-state index in [9.17, 15) is 31.9 Å². The van der Waals surface area contributed by atoms with Crippen molar-refractivity contribution in [2.24, 2.45) is 0 Å². The number of halogens is 5. The van der Waals surface area contributed by atoms with E-state index in [0.717, 1.165) is 28.5 Å². The van der Waals surface area contributed by atoms with Crippen molar-refractivity contribution >= 4 is 45.9 Å². The lowest BCUT2D eigenvalue weighted by atomic mass is 9.90. The predicted octanol–water partition coefficient (Wildman–Crippen LogP) is 7.70. The van der Waals surface area contributed by atoms with Crippen molar-refractivity contribution in [3.8, 4) is 0 Å². The number of amides is 1. The highest BCUT2D eigenvalue weighted by Crippen LogP contribution is 2.40. The van der Waals surface area contributed by atoms with Crippen molar-refractivity contribution < 1.29 is 41.3 Å². The van der Waals surface area contributed by atoms with Gasteiger partial charge in [-0.3, -0.25) is 4.79 Å². The molecule has 1 aromatic heterocycles. The molecule has 0 aliphatic carbocycles. The van der Waals surface area contributed by atoms with Crippen molar-refractivity contribution in [2.45, 2.75) is 46.3 Å². The van der Waals surface area contributed by atoms with Crippen LogP contribution in [-0.2, 0) is 21.6 Å². The van der Waals surface area contributed by atoms with Gasteiger partial charge in [0.1, 0.15) is 29.9 Å². The number of carbonyl (C=O) groups is 1. The second-order valence-electron chi connectivity index (χ2n) is 11.4. The minimum Gasteiger partial charge on any atom is -0.382 e. The van der Waals surface area contributed by atoms with E-state index in [1.54, 1.807) is 25.1 Å². The second kappa shape index (κ2) is 14.5. The topological polar surface area (TPSA) is 98.5 Å². The molecule has 2 atom stereocenters. The van der Waals surface area contributed by atoms with Crippen LogP contribution in [-0.4, -0.2) is 55.0 Å². The number of thioether (sulfide) groups is 2. The molecule has 256 valence electrons. The molecule has 4 aromatic carbocycles. The van der Waals surface area contributed by atoms with Crippen molar-refractivity contribution in [2.75, 3.05) is 18.5 Å². The van der Waals surface area contributed by atoms with Crippen molar-refractivity contribution in [3.05, 3.63) is 120 Å². The third-order valence-corrected chi connectivity index (χ3v) is 10.1. The van der Waals surface area contributed by atoms with Crippen molar-refractivity contribution in [1.29, 1.82) is 0 Å². The maximum Gasteiger partial charge on any atom is 0.446 e. The number of alkyl halides is 3. The standard InChI is InChI=1S/C34H29F5N4O4S2/c1-20(33(45,17-43-19-40-18-41-43)29-11-6-25(35)14-30(29)36)48-28-15-46-32(47-16-28)24-5-3-21-12-23(4-2-22(21)13-24)31(44)42-26-7-9-27(10-8-26)49-34(37,38)39/h2-14,18-20,28,32,45H,15-17H2,1H3,(H,42,44). The average Bonchev–Trinajstić information content (AvgIpc) is 3.57. The van der Waals surface area contributed by atoms with Gasteiger partial charge in [0.05, 0.1) is 25.0 Å². The molecule has 2 heterocycles. The Morgan fingerprint density at radius 1 is 1.00 bits per heavy atom. The van der Waals surface area contributed by atoms with E-state index in [0.29, 0.717) is 11.3 Å². The predicted molar refractivity (Wildman–Crippen MR) is 176 cm³/mol. The molecule has 2 unspecified atom stereocenters. The zero-order chi connectivity index (χ0) is 34.8. The van der Waals surface area contributed by atoms with Crippen LogP contribution in [0.15, 0.2) is 96.4 Å². The summed E-state index contributed by atoms with van der Waals surface area (Å²) in [6.07, 6.45) is 2.05. The van der Waals surface area contributed by atoms with Gasteiger partial charge in [0.25, 0.3) is 5.91 Å². The molecule has 15 heteroatoms. The zero-order valence-corrected chi connectivity index (χ0v) is 27.4. The highest BCUT2D eigenvalue weighted by atomic mass is 32.2. The van der Waals surface area contributed by atoms with Crippen LogP contribution in [0.2, 0.25) is 0 Å². The van der Waals surface area contributed by atoms with Crippen LogP contribution in [0.25, 0.3) is 10.8 Å². The highest BCUT2D eigenvalue weighted by Gasteiger charge is 2.41. The molecule has 0 saturated carbocycles. The molecule has 1 saturated heterocycles. The lowest BCUT2D eigenvalue weighted by Crippen LogP contribution is -2.43. The monoisotopic (exact) mass is 716 g/mol. The number of aliphatic hydroxyl groups is 1. The minimum absolute atomic E-state index is 0.0203. The third-order valence-electron chi connectivity index (χ3n) is 7.95. The van der Waals surface area contributed by atoms with Gasteiger partial charge in [0.15, 0.2) is 6.29 Å². The van der Waals surface area contributed by atoms with Gasteiger partial charge in [-0.05, 0) is 71.1 Å². The van der Waals surface area contributed by atoms with Crippen LogP contribution < -0.4 is 5.32 Å². The Labute approximate surface area is 286 Å². The van der Waals surface area contributed by atoms with E-state index in [2.05, 4.69) is 15.4 Å². The first-order chi connectivity index (χ1) is 23.4. The highest BCUT2D eigenvalue weighted by molar-refractivity contribution is 8.00. The molecule has 1 aliphatic rings. The summed E-state index contributed by atoms with van der Waals surface area (Å²) in [4.78, 5) is 16.8. The summed E-state index contributed by atoms with van der Waals surface area (Å²) in [6, 6.07) is 19.2. The third kappa shape index (κ3) is 8.41. The summed E-state index contributed by atoms with van der Waals surface area (Å²) >= 11 is 1.13. The van der Waals surface area contributed by atoms with E-state index in [4.69, 9.17) is 9.47 Å². The Hall–Kier alpha value is -4.02. The van der Waals surface area contributed by atoms with Gasteiger partial charge in [0, 0.05) is 38.6 Å². The number of rotatable bonds is 10. The molecule has 8 nitrogen and oxygen atoms in total. The van der Waals surface area contributed by atoms with Crippen LogP contribution in [0.3, 0.4) is 0 Å². The van der Waals surface area contributed by atoms with E-state index in [-0.39, 0.29) is 47.2 Å². The smallest absolute Gasteiger partial charge is 0.382 e. The van der Waals surface area contributed by atoms with E-state index in [1.165, 1.54) is 59.4 Å². The molecular weight excluding hydrogens is 688 g/mol. The molecule has 49 heavy (non-hydrogen) atoms. The molecule has 1 fully saturated rings. The number of ether oxygens (including phenoxy) is 2. The lowest BCUT2D eigenvalue weighted by molar-refractivity contribution is -0.180. The van der Waals surface area contributed by atoms with Gasteiger partial charge in [0.2, 0.25) is 0 Å². The Kier molecular flexibility index (Phi) is 10.3. The maximum atomic E-state index is 14.9. The van der Waals surface area contributed by atoms with E-state index in [1.807, 2.05) is 18.2 Å². The largest absolute Gasteiger partial charge is 0.446 e. The summed E-state index contributed by atoms with van der Waals surface area (Å²) in [7, 11) is 0. The molecule has 2 N–H and O–H groups in total. The van der Waals surface area contributed by atoms with Crippen LogP contribution in [0, 0.1) is 11.6 Å². The number of anilines is 1. The van der Waals surface area contributed by atoms with Crippen LogP contribution in [0.1, 0.15) is 34.7 Å². The second-order valence-corrected chi connectivity index (χ2v) is 14.2. The summed E-state index contributed by atoms with van der Waals surface area (Å²) in [5.41, 5.74) is -4.72. The molecule has 6 rings (SSSR count). The fourth-order valence-electron chi connectivity index (χ4n) is 5.49. The number of hydrogen-bond donors (Lipinski definition) is 2. The molecule has 1 amide bonds. The Bertz CT molecular complexity index is 1920. The van der Waals surface area contributed by atoms with Gasteiger partial charge < -0.3 is 19.9 Å². The van der Waals surface area contributed by atoms with Crippen molar-refractivity contribution in [3.63, 3.8) is 0 Å². The first kappa shape index (κ1) is 34.8. The number of carbonyl (C=O) groups excluding carboxylic acids is 1. The summed E-state index contributed by atoms with van der Waals surface area (Å²) in [5, 5.41) is 19.4. The Balaban J connectivity index is 1.08. The van der Waals surface area contributed by atoms with E-state index < -0.39 is 40.2 Å². The van der Waals surface area contributed by atoms with Crippen LogP contribution >= 0.6 is 23.5 Å². The fraction of sp³-hybridized carbons (Fsp3) is 0.265. The van der Waals surface area contributed by atoms with E-state index >= 15 is 0 Å². The number of nitrogens with one attached hydrogen (secondary N) is 1. The average molecular weight is 717 g/mol. The molecule has 1 aliphatic heterocycles. The molecule has 0 radical (unpaired) electrons. The lowest BCUT2D eigenvalue weighted by Gasteiger charge is -2.37. The van der Waals surface area contributed by atoms with Gasteiger partial charge in [-0.1, -0.05) is 31.2 Å². The summed E-state index contributed by atoms with van der Waals surface area (Å²) < 4.78 is 79.9. The van der Waals surface area contributed by atoms with Gasteiger partial charge in [-0.25, -0.2) is 18.4 Å². The molecule has 0 bridgehead atoms. The molecule has 0 spiro atoms. The van der Waals surface area contributed by atoms with Crippen LogP contribution in [0.5, 0.6) is 0 Å². The van der Waals surface area contributed by atoms with Crippen molar-refractivity contribution in [1.82, 2.24) is 14.8 Å². The summed E-state index contributed by atoms with van der Waals surface area (Å²) in [6.45, 7) is 2.19. The number of hydrogen-bond acceptors (Lipinski definition) is 8. The SMILES string of the molecule is CC(SC1COC(c2ccc3cc(C(=O)Nc4ccc(SC(F)(F)F)cc4)ccc3c2)OC1)C(O)(Cn1cncn1)c1ccc(F)cc1F. The number of benzene rings is 4. The molecule has 5 aromatic rings. The van der Waals surface area contributed by atoms with Crippen LogP contribution in [0.4, 0.5) is 27.6 Å². The maximum absolute atomic E-state index is 14.9. The minimum atomic E-state index is -4.39. The first-order valence-corrected chi connectivity index (χ1v) is 16.7. The van der Waals surface area contributed by atoms with Gasteiger partial charge in [-0.2, -0.15) is 18.3 Å². The number of nitrogens with zero attached hydrogens (tertiary/aromatic N) is 3. The normalized spacial score (nSPS) is 18.6. The van der Waals surface area contributed by atoms with Gasteiger partial charge >= 0.3 is 5.51 Å². The number of fused-ring (bicyclic) bond motifs is 1. The fourth-order valence-corrected chi connectivity index (χ4v) is 7.35. The first-order valence-electron chi connectivity index (χ1n) is 15.0. The van der Waals surface area contributed by atoms with Gasteiger partial charge in [-0.15, -0.1) is 11.8 Å². The quantitative estimate of drug-likeness (QED) is 0.112. The Morgan fingerprint density at radius 2 is 1.71 bits per heavy atom. The number of aromatic nitrogens is 3. The molecular formula is C34H29F5N4O4S2.